The first-order valence-corrected chi connectivity index (χ1v) is 6.91. The second-order valence-electron chi connectivity index (χ2n) is 4.79. The molecule has 2 aromatic heterocycles. The molecule has 3 rings (SSSR count). The third-order valence-corrected chi connectivity index (χ3v) is 3.35. The van der Waals surface area contributed by atoms with E-state index in [1.807, 2.05) is 12.1 Å². The molecule has 3 heterocycles. The molecule has 0 radical (unpaired) electrons. The Bertz CT molecular complexity index is 634. The fraction of sp³-hybridized carbons (Fsp3) is 0.333. The lowest BCUT2D eigenvalue weighted by atomic mass is 10.1. The smallest absolute Gasteiger partial charge is 0.387 e. The van der Waals surface area contributed by atoms with Crippen molar-refractivity contribution in [3.8, 4) is 16.9 Å². The van der Waals surface area contributed by atoms with Gasteiger partial charge in [-0.3, -0.25) is 4.98 Å². The summed E-state index contributed by atoms with van der Waals surface area (Å²) in [6.45, 7) is 0.0430. The van der Waals surface area contributed by atoms with Crippen molar-refractivity contribution in [2.45, 2.75) is 6.61 Å². The summed E-state index contributed by atoms with van der Waals surface area (Å²) in [5.74, 6) is 0.873. The Morgan fingerprint density at radius 3 is 2.73 bits per heavy atom. The number of pyridine rings is 2. The van der Waals surface area contributed by atoms with Crippen molar-refractivity contribution in [1.29, 1.82) is 0 Å². The monoisotopic (exact) mass is 307 g/mol. The highest BCUT2D eigenvalue weighted by atomic mass is 19.3. The largest absolute Gasteiger partial charge is 0.433 e. The van der Waals surface area contributed by atoms with Gasteiger partial charge in [-0.05, 0) is 23.8 Å². The van der Waals surface area contributed by atoms with Crippen LogP contribution < -0.4 is 9.64 Å². The molecule has 0 amide bonds. The van der Waals surface area contributed by atoms with E-state index in [1.165, 1.54) is 12.3 Å². The highest BCUT2D eigenvalue weighted by Gasteiger charge is 2.13. The zero-order valence-corrected chi connectivity index (χ0v) is 11.8. The zero-order valence-electron chi connectivity index (χ0n) is 11.8. The van der Waals surface area contributed by atoms with Crippen LogP contribution in [0.1, 0.15) is 0 Å². The van der Waals surface area contributed by atoms with Gasteiger partial charge in [-0.25, -0.2) is 4.98 Å². The van der Waals surface area contributed by atoms with Gasteiger partial charge in [0.1, 0.15) is 11.6 Å². The number of morpholine rings is 1. The van der Waals surface area contributed by atoms with E-state index in [0.717, 1.165) is 24.5 Å². The molecule has 22 heavy (non-hydrogen) atoms. The maximum Gasteiger partial charge on any atom is 0.387 e. The van der Waals surface area contributed by atoms with Gasteiger partial charge in [0.05, 0.1) is 19.4 Å². The summed E-state index contributed by atoms with van der Waals surface area (Å²) >= 11 is 0. The van der Waals surface area contributed by atoms with E-state index in [9.17, 15) is 8.78 Å². The van der Waals surface area contributed by atoms with Crippen molar-refractivity contribution in [3.05, 3.63) is 36.8 Å². The number of hydrogen-bond acceptors (Lipinski definition) is 5. The molecule has 1 aliphatic heterocycles. The van der Waals surface area contributed by atoms with E-state index < -0.39 is 6.61 Å². The van der Waals surface area contributed by atoms with Crippen molar-refractivity contribution in [3.63, 3.8) is 0 Å². The molecule has 1 fully saturated rings. The number of aromatic nitrogens is 2. The van der Waals surface area contributed by atoms with Gasteiger partial charge in [-0.2, -0.15) is 8.78 Å². The number of halogens is 2. The third kappa shape index (κ3) is 3.48. The van der Waals surface area contributed by atoms with E-state index in [0.29, 0.717) is 18.8 Å². The van der Waals surface area contributed by atoms with E-state index in [2.05, 4.69) is 19.6 Å². The van der Waals surface area contributed by atoms with Gasteiger partial charge < -0.3 is 14.4 Å². The minimum Gasteiger partial charge on any atom is -0.433 e. The Morgan fingerprint density at radius 1 is 1.14 bits per heavy atom. The summed E-state index contributed by atoms with van der Waals surface area (Å²) in [6.07, 6.45) is 4.57. The Kier molecular flexibility index (Phi) is 4.43. The fourth-order valence-corrected chi connectivity index (χ4v) is 2.31. The van der Waals surface area contributed by atoms with Crippen LogP contribution in [0.25, 0.3) is 11.1 Å². The Balaban J connectivity index is 1.85. The molecule has 5 nitrogen and oxygen atoms in total. The number of anilines is 1. The molecule has 0 atom stereocenters. The Labute approximate surface area is 126 Å². The fourth-order valence-electron chi connectivity index (χ4n) is 2.31. The highest BCUT2D eigenvalue weighted by Crippen LogP contribution is 2.26. The topological polar surface area (TPSA) is 47.5 Å². The molecule has 0 spiro atoms. The van der Waals surface area contributed by atoms with Crippen LogP contribution in [-0.2, 0) is 4.74 Å². The first-order chi connectivity index (χ1) is 10.7. The van der Waals surface area contributed by atoms with E-state index in [4.69, 9.17) is 4.74 Å². The number of rotatable bonds is 4. The van der Waals surface area contributed by atoms with Crippen LogP contribution in [0.4, 0.5) is 14.6 Å². The van der Waals surface area contributed by atoms with Gasteiger partial charge in [0.15, 0.2) is 0 Å². The highest BCUT2D eigenvalue weighted by molar-refractivity contribution is 5.67. The van der Waals surface area contributed by atoms with Gasteiger partial charge in [0.25, 0.3) is 0 Å². The zero-order chi connectivity index (χ0) is 15.4. The molecule has 1 aliphatic rings. The lowest BCUT2D eigenvalue weighted by Gasteiger charge is -2.28. The number of ether oxygens (including phenoxy) is 2. The van der Waals surface area contributed by atoms with Gasteiger partial charge in [0, 0.05) is 31.0 Å². The molecule has 1 saturated heterocycles. The summed E-state index contributed by atoms with van der Waals surface area (Å²) in [6, 6.07) is 5.26. The van der Waals surface area contributed by atoms with Gasteiger partial charge in [0.2, 0.25) is 0 Å². The van der Waals surface area contributed by atoms with Crippen LogP contribution in [0.15, 0.2) is 36.8 Å². The predicted molar refractivity (Wildman–Crippen MR) is 77.1 cm³/mol. The van der Waals surface area contributed by atoms with E-state index >= 15 is 0 Å². The van der Waals surface area contributed by atoms with Gasteiger partial charge in [-0.1, -0.05) is 0 Å². The van der Waals surface area contributed by atoms with Gasteiger partial charge in [-0.15, -0.1) is 0 Å². The van der Waals surface area contributed by atoms with Crippen molar-refractivity contribution in [2.24, 2.45) is 0 Å². The van der Waals surface area contributed by atoms with Crippen LogP contribution in [0, 0.1) is 0 Å². The van der Waals surface area contributed by atoms with E-state index in [1.54, 1.807) is 12.4 Å². The van der Waals surface area contributed by atoms with Crippen LogP contribution in [-0.4, -0.2) is 42.9 Å². The molecule has 0 saturated carbocycles. The van der Waals surface area contributed by atoms with Crippen LogP contribution in [0.2, 0.25) is 0 Å². The van der Waals surface area contributed by atoms with Crippen LogP contribution in [0.5, 0.6) is 5.75 Å². The maximum atomic E-state index is 12.3. The molecule has 0 aromatic carbocycles. The molecule has 0 N–H and O–H groups in total. The SMILES string of the molecule is FC(F)Oc1cncc(-c2ccnc(N3CCOCC3)c2)c1. The predicted octanol–water partition coefficient (Wildman–Crippen LogP) is 2.58. The van der Waals surface area contributed by atoms with Crippen molar-refractivity contribution in [2.75, 3.05) is 31.2 Å². The first kappa shape index (κ1) is 14.6. The average Bonchev–Trinajstić information content (AvgIpc) is 2.55. The second-order valence-corrected chi connectivity index (χ2v) is 4.79. The summed E-state index contributed by atoms with van der Waals surface area (Å²) < 4.78 is 34.3. The lowest BCUT2D eigenvalue weighted by Crippen LogP contribution is -2.36. The molecule has 0 aliphatic carbocycles. The molecular weight excluding hydrogens is 292 g/mol. The van der Waals surface area contributed by atoms with Crippen molar-refractivity contribution >= 4 is 5.82 Å². The average molecular weight is 307 g/mol. The quantitative estimate of drug-likeness (QED) is 0.869. The van der Waals surface area contributed by atoms with Crippen molar-refractivity contribution in [1.82, 2.24) is 9.97 Å². The molecule has 0 unspecified atom stereocenters. The standard InChI is InChI=1S/C15H15F2N3O2/c16-15(17)22-13-7-12(9-18-10-13)11-1-2-19-14(8-11)20-3-5-21-6-4-20/h1-2,7-10,15H,3-6H2. The van der Waals surface area contributed by atoms with Crippen LogP contribution >= 0.6 is 0 Å². The summed E-state index contributed by atoms with van der Waals surface area (Å²) in [7, 11) is 0. The Hall–Kier alpha value is -2.28. The van der Waals surface area contributed by atoms with Crippen LogP contribution in [0.3, 0.4) is 0 Å². The number of nitrogens with zero attached hydrogens (tertiary/aromatic N) is 3. The number of alkyl halides is 2. The molecule has 2 aromatic rings. The minimum atomic E-state index is -2.86. The summed E-state index contributed by atoms with van der Waals surface area (Å²) in [5, 5.41) is 0. The minimum absolute atomic E-state index is 0.0391. The Morgan fingerprint density at radius 2 is 1.95 bits per heavy atom. The maximum absolute atomic E-state index is 12.3. The summed E-state index contributed by atoms with van der Waals surface area (Å²) in [5.41, 5.74) is 1.55. The lowest BCUT2D eigenvalue weighted by molar-refractivity contribution is -0.0500. The van der Waals surface area contributed by atoms with Crippen molar-refractivity contribution < 1.29 is 18.3 Å². The van der Waals surface area contributed by atoms with E-state index in [-0.39, 0.29) is 5.75 Å². The van der Waals surface area contributed by atoms with Gasteiger partial charge >= 0.3 is 6.61 Å². The molecule has 7 heteroatoms. The third-order valence-electron chi connectivity index (χ3n) is 3.35. The normalized spacial score (nSPS) is 15.1. The first-order valence-electron chi connectivity index (χ1n) is 6.91. The number of hydrogen-bond donors (Lipinski definition) is 0. The second kappa shape index (κ2) is 6.65. The molecular formula is C15H15F2N3O2. The molecule has 0 bridgehead atoms. The summed E-state index contributed by atoms with van der Waals surface area (Å²) in [4.78, 5) is 10.4. The molecule has 116 valence electrons.